The van der Waals surface area contributed by atoms with Gasteiger partial charge in [0.2, 0.25) is 11.7 Å². The standard InChI is InChI=1S/C9H6F2N2O3S/c1-3-6(17-2-12-3)8-13-4(7(10)11)5(16-8)9(14)15/h2,7H,1H3,(H,14,15). The molecular formula is C9H6F2N2O3S. The third-order valence-electron chi connectivity index (χ3n) is 1.99. The van der Waals surface area contributed by atoms with Crippen LogP contribution >= 0.6 is 11.3 Å². The topological polar surface area (TPSA) is 76.2 Å². The Labute approximate surface area is 97.7 Å². The minimum Gasteiger partial charge on any atom is -0.475 e. The Balaban J connectivity index is 2.55. The summed E-state index contributed by atoms with van der Waals surface area (Å²) < 4.78 is 29.9. The molecule has 0 fully saturated rings. The number of nitrogens with zero attached hydrogens (tertiary/aromatic N) is 2. The van der Waals surface area contributed by atoms with Gasteiger partial charge in [-0.1, -0.05) is 0 Å². The van der Waals surface area contributed by atoms with Crippen LogP contribution in [0.5, 0.6) is 0 Å². The van der Waals surface area contributed by atoms with Gasteiger partial charge in [-0.05, 0) is 6.92 Å². The van der Waals surface area contributed by atoms with Crippen LogP contribution < -0.4 is 0 Å². The zero-order valence-corrected chi connectivity index (χ0v) is 9.29. The number of aromatic nitrogens is 2. The lowest BCUT2D eigenvalue weighted by Crippen LogP contribution is -1.99. The van der Waals surface area contributed by atoms with Crippen molar-refractivity contribution in [3.05, 3.63) is 22.7 Å². The number of hydrogen-bond acceptors (Lipinski definition) is 5. The molecule has 2 aromatic rings. The van der Waals surface area contributed by atoms with Crippen LogP contribution in [0, 0.1) is 6.92 Å². The minimum absolute atomic E-state index is 0.141. The van der Waals surface area contributed by atoms with Gasteiger partial charge in [0.1, 0.15) is 4.88 Å². The summed E-state index contributed by atoms with van der Waals surface area (Å²) in [5, 5.41) is 8.72. The average molecular weight is 260 g/mol. The largest absolute Gasteiger partial charge is 0.475 e. The van der Waals surface area contributed by atoms with Crippen LogP contribution in [0.3, 0.4) is 0 Å². The molecule has 0 saturated carbocycles. The summed E-state index contributed by atoms with van der Waals surface area (Å²) in [6.45, 7) is 1.65. The Morgan fingerprint density at radius 3 is 2.71 bits per heavy atom. The first-order valence-corrected chi connectivity index (χ1v) is 5.31. The van der Waals surface area contributed by atoms with Crippen LogP contribution in [-0.4, -0.2) is 21.0 Å². The summed E-state index contributed by atoms with van der Waals surface area (Å²) in [5.41, 5.74) is 1.19. The van der Waals surface area contributed by atoms with Crippen LogP contribution in [0.25, 0.3) is 10.8 Å². The third-order valence-corrected chi connectivity index (χ3v) is 2.91. The lowest BCUT2D eigenvalue weighted by molar-refractivity contribution is 0.0647. The molecule has 8 heteroatoms. The number of hydrogen-bond donors (Lipinski definition) is 1. The Kier molecular flexibility index (Phi) is 2.88. The van der Waals surface area contributed by atoms with Crippen molar-refractivity contribution < 1.29 is 23.1 Å². The number of carbonyl (C=O) groups is 1. The van der Waals surface area contributed by atoms with Gasteiger partial charge >= 0.3 is 5.97 Å². The number of thiazole rings is 1. The molecular weight excluding hydrogens is 254 g/mol. The fraction of sp³-hybridized carbons (Fsp3) is 0.222. The molecule has 2 rings (SSSR count). The van der Waals surface area contributed by atoms with E-state index < -0.39 is 23.8 Å². The van der Waals surface area contributed by atoms with Gasteiger partial charge in [-0.3, -0.25) is 0 Å². The monoisotopic (exact) mass is 260 g/mol. The number of aromatic carboxylic acids is 1. The zero-order chi connectivity index (χ0) is 12.6. The van der Waals surface area contributed by atoms with E-state index >= 15 is 0 Å². The Hall–Kier alpha value is -1.83. The maximum atomic E-state index is 12.5. The first kappa shape index (κ1) is 11.6. The van der Waals surface area contributed by atoms with E-state index in [4.69, 9.17) is 9.52 Å². The second-order valence-electron chi connectivity index (χ2n) is 3.11. The molecule has 90 valence electrons. The number of oxazole rings is 1. The predicted molar refractivity (Wildman–Crippen MR) is 54.3 cm³/mol. The van der Waals surface area contributed by atoms with E-state index in [9.17, 15) is 13.6 Å². The van der Waals surface area contributed by atoms with E-state index in [1.54, 1.807) is 6.92 Å². The molecule has 0 atom stereocenters. The van der Waals surface area contributed by atoms with Crippen molar-refractivity contribution in [3.8, 4) is 10.8 Å². The fourth-order valence-corrected chi connectivity index (χ4v) is 1.96. The summed E-state index contributed by atoms with van der Waals surface area (Å²) in [6, 6.07) is 0. The lowest BCUT2D eigenvalue weighted by Gasteiger charge is -1.91. The predicted octanol–water partition coefficient (Wildman–Crippen LogP) is 2.74. The summed E-state index contributed by atoms with van der Waals surface area (Å²) in [4.78, 5) is 18.6. The fourth-order valence-electron chi connectivity index (χ4n) is 1.24. The molecule has 17 heavy (non-hydrogen) atoms. The number of alkyl halides is 2. The van der Waals surface area contributed by atoms with Gasteiger partial charge in [0, 0.05) is 0 Å². The van der Waals surface area contributed by atoms with E-state index in [-0.39, 0.29) is 5.89 Å². The third kappa shape index (κ3) is 2.03. The average Bonchev–Trinajstić information content (AvgIpc) is 2.82. The molecule has 0 aliphatic rings. The molecule has 0 aliphatic carbocycles. The molecule has 0 aromatic carbocycles. The lowest BCUT2D eigenvalue weighted by atomic mass is 10.3. The molecule has 0 aliphatic heterocycles. The Bertz CT molecular complexity index is 564. The van der Waals surface area contributed by atoms with Crippen molar-refractivity contribution in [1.82, 2.24) is 9.97 Å². The zero-order valence-electron chi connectivity index (χ0n) is 8.48. The highest BCUT2D eigenvalue weighted by molar-refractivity contribution is 7.13. The molecule has 2 aromatic heterocycles. The molecule has 1 N–H and O–H groups in total. The minimum atomic E-state index is -2.99. The number of carboxylic acid groups (broad SMARTS) is 1. The van der Waals surface area contributed by atoms with Crippen LogP contribution in [0.1, 0.15) is 28.4 Å². The van der Waals surface area contributed by atoms with Gasteiger partial charge in [-0.2, -0.15) is 0 Å². The highest BCUT2D eigenvalue weighted by atomic mass is 32.1. The van der Waals surface area contributed by atoms with Gasteiger partial charge in [-0.15, -0.1) is 11.3 Å². The maximum Gasteiger partial charge on any atom is 0.374 e. The summed E-state index contributed by atoms with van der Waals surface area (Å²) >= 11 is 1.14. The summed E-state index contributed by atoms with van der Waals surface area (Å²) in [6.07, 6.45) is -2.99. The van der Waals surface area contributed by atoms with Gasteiger partial charge < -0.3 is 9.52 Å². The number of rotatable bonds is 3. The first-order valence-electron chi connectivity index (χ1n) is 4.43. The van der Waals surface area contributed by atoms with Crippen LogP contribution in [0.15, 0.2) is 9.93 Å². The number of carboxylic acids is 1. The SMILES string of the molecule is Cc1ncsc1-c1nc(C(F)F)c(C(=O)O)o1. The summed E-state index contributed by atoms with van der Waals surface area (Å²) in [5.74, 6) is -2.54. The normalized spacial score (nSPS) is 11.1. The first-order chi connectivity index (χ1) is 8.00. The Morgan fingerprint density at radius 1 is 1.59 bits per heavy atom. The number of aryl methyl sites for hydroxylation is 1. The highest BCUT2D eigenvalue weighted by Crippen LogP contribution is 2.31. The molecule has 5 nitrogen and oxygen atoms in total. The van der Waals surface area contributed by atoms with Crippen molar-refractivity contribution in [2.75, 3.05) is 0 Å². The van der Waals surface area contributed by atoms with Crippen molar-refractivity contribution in [3.63, 3.8) is 0 Å². The van der Waals surface area contributed by atoms with E-state index in [0.717, 1.165) is 11.3 Å². The molecule has 0 amide bonds. The smallest absolute Gasteiger partial charge is 0.374 e. The summed E-state index contributed by atoms with van der Waals surface area (Å²) in [7, 11) is 0. The molecule has 0 bridgehead atoms. The van der Waals surface area contributed by atoms with E-state index in [0.29, 0.717) is 10.6 Å². The van der Waals surface area contributed by atoms with Gasteiger partial charge in [0.25, 0.3) is 6.43 Å². The van der Waals surface area contributed by atoms with E-state index in [2.05, 4.69) is 9.97 Å². The Morgan fingerprint density at radius 2 is 2.29 bits per heavy atom. The molecule has 0 radical (unpaired) electrons. The quantitative estimate of drug-likeness (QED) is 0.918. The van der Waals surface area contributed by atoms with Crippen molar-refractivity contribution in [1.29, 1.82) is 0 Å². The highest BCUT2D eigenvalue weighted by Gasteiger charge is 2.27. The molecule has 2 heterocycles. The van der Waals surface area contributed by atoms with E-state index in [1.807, 2.05) is 0 Å². The maximum absolute atomic E-state index is 12.5. The van der Waals surface area contributed by atoms with Crippen LogP contribution in [-0.2, 0) is 0 Å². The van der Waals surface area contributed by atoms with Gasteiger partial charge in [-0.25, -0.2) is 23.5 Å². The van der Waals surface area contributed by atoms with Crippen molar-refractivity contribution in [2.45, 2.75) is 13.3 Å². The van der Waals surface area contributed by atoms with Crippen LogP contribution in [0.4, 0.5) is 8.78 Å². The second kappa shape index (κ2) is 4.21. The van der Waals surface area contributed by atoms with Crippen molar-refractivity contribution >= 4 is 17.3 Å². The van der Waals surface area contributed by atoms with Gasteiger partial charge in [0.05, 0.1) is 11.2 Å². The second-order valence-corrected chi connectivity index (χ2v) is 3.96. The van der Waals surface area contributed by atoms with Gasteiger partial charge in [0.15, 0.2) is 5.69 Å². The molecule has 0 spiro atoms. The van der Waals surface area contributed by atoms with E-state index in [1.165, 1.54) is 5.51 Å². The van der Waals surface area contributed by atoms with Crippen LogP contribution in [0.2, 0.25) is 0 Å². The van der Waals surface area contributed by atoms with Crippen molar-refractivity contribution in [2.24, 2.45) is 0 Å². The molecule has 0 unspecified atom stereocenters. The number of halogens is 2. The molecule has 0 saturated heterocycles.